The zero-order chi connectivity index (χ0) is 26.5. The van der Waals surface area contributed by atoms with E-state index in [9.17, 15) is 18.0 Å². The van der Waals surface area contributed by atoms with Crippen LogP contribution in [0.1, 0.15) is 18.1 Å². The van der Waals surface area contributed by atoms with Crippen LogP contribution < -0.4 is 9.62 Å². The van der Waals surface area contributed by atoms with Gasteiger partial charge in [0.05, 0.1) is 10.6 Å². The average Bonchev–Trinajstić information content (AvgIpc) is 2.86. The van der Waals surface area contributed by atoms with Crippen molar-refractivity contribution < 1.29 is 18.0 Å². The average molecular weight is 593 g/mol. The van der Waals surface area contributed by atoms with Crippen LogP contribution in [0.4, 0.5) is 5.69 Å². The molecule has 0 bridgehead atoms. The molecule has 0 aliphatic rings. The first-order valence-corrected chi connectivity index (χ1v) is 13.7. The van der Waals surface area contributed by atoms with Crippen LogP contribution in [0.2, 0.25) is 5.02 Å². The smallest absolute Gasteiger partial charge is 0.264 e. The first-order chi connectivity index (χ1) is 17.0. The molecule has 0 unspecified atom stereocenters. The monoisotopic (exact) mass is 591 g/mol. The summed E-state index contributed by atoms with van der Waals surface area (Å²) in [6.07, 6.45) is 0. The van der Waals surface area contributed by atoms with Crippen LogP contribution in [-0.2, 0) is 26.2 Å². The Morgan fingerprint density at radius 3 is 2.36 bits per heavy atom. The Morgan fingerprint density at radius 1 is 1.03 bits per heavy atom. The lowest BCUT2D eigenvalue weighted by atomic mass is 10.1. The molecule has 3 rings (SSSR count). The summed E-state index contributed by atoms with van der Waals surface area (Å²) in [5, 5.41) is 2.90. The van der Waals surface area contributed by atoms with E-state index in [0.29, 0.717) is 10.6 Å². The van der Waals surface area contributed by atoms with Gasteiger partial charge in [0, 0.05) is 23.1 Å². The number of sulfonamides is 1. The number of aryl methyl sites for hydroxylation is 1. The molecule has 7 nitrogen and oxygen atoms in total. The number of hydrogen-bond acceptors (Lipinski definition) is 4. The molecule has 190 valence electrons. The largest absolute Gasteiger partial charge is 0.357 e. The minimum atomic E-state index is -4.13. The van der Waals surface area contributed by atoms with Crippen molar-refractivity contribution in [3.05, 3.63) is 93.4 Å². The number of rotatable bonds is 9. The normalized spacial score (nSPS) is 12.0. The summed E-state index contributed by atoms with van der Waals surface area (Å²) in [6, 6.07) is 19.3. The lowest BCUT2D eigenvalue weighted by molar-refractivity contribution is -0.139. The van der Waals surface area contributed by atoms with E-state index < -0.39 is 28.5 Å². The Kier molecular flexibility index (Phi) is 9.16. The Bertz CT molecular complexity index is 1350. The number of likely N-dealkylation sites (N-methyl/N-ethyl adjacent to an activating group) is 1. The molecule has 2 amide bonds. The van der Waals surface area contributed by atoms with Gasteiger partial charge in [-0.3, -0.25) is 13.9 Å². The highest BCUT2D eigenvalue weighted by Gasteiger charge is 2.33. The van der Waals surface area contributed by atoms with Crippen LogP contribution in [0.5, 0.6) is 0 Å². The van der Waals surface area contributed by atoms with Gasteiger partial charge in [-0.15, -0.1) is 0 Å². The van der Waals surface area contributed by atoms with Crippen molar-refractivity contribution in [2.75, 3.05) is 17.9 Å². The fourth-order valence-corrected chi connectivity index (χ4v) is 5.81. The number of benzene rings is 3. The van der Waals surface area contributed by atoms with Gasteiger partial charge in [-0.2, -0.15) is 0 Å². The highest BCUT2D eigenvalue weighted by Crippen LogP contribution is 2.30. The molecule has 0 saturated heterocycles. The number of carbonyl (C=O) groups is 2. The van der Waals surface area contributed by atoms with E-state index in [-0.39, 0.29) is 23.0 Å². The first-order valence-electron chi connectivity index (χ1n) is 11.1. The van der Waals surface area contributed by atoms with Gasteiger partial charge in [-0.1, -0.05) is 63.9 Å². The number of nitrogens with zero attached hydrogens (tertiary/aromatic N) is 2. The predicted octanol–water partition coefficient (Wildman–Crippen LogP) is 4.77. The van der Waals surface area contributed by atoms with Crippen molar-refractivity contribution in [3.8, 4) is 0 Å². The molecule has 0 spiro atoms. The Balaban J connectivity index is 2.07. The fraction of sp³-hybridized carbons (Fsp3) is 0.231. The van der Waals surface area contributed by atoms with Gasteiger partial charge in [0.1, 0.15) is 12.6 Å². The summed E-state index contributed by atoms with van der Waals surface area (Å²) in [6.45, 7) is 2.94. The van der Waals surface area contributed by atoms with E-state index in [1.54, 1.807) is 44.2 Å². The van der Waals surface area contributed by atoms with E-state index >= 15 is 0 Å². The third-order valence-electron chi connectivity index (χ3n) is 5.71. The standard InChI is InChI=1S/C26H27BrClN3O4S/c1-18-12-13-22(28)15-24(18)31(36(34,35)23-10-5-4-6-11-23)17-25(32)30(19(2)26(33)29-3)16-20-8-7-9-21(27)14-20/h4-15,19H,16-17H2,1-3H3,(H,29,33)/t19-/m0/s1. The summed E-state index contributed by atoms with van der Waals surface area (Å²) in [5.74, 6) is -0.903. The Labute approximate surface area is 225 Å². The van der Waals surface area contributed by atoms with E-state index in [0.717, 1.165) is 14.3 Å². The molecular weight excluding hydrogens is 566 g/mol. The van der Waals surface area contributed by atoms with Crippen LogP contribution in [0.3, 0.4) is 0 Å². The lowest BCUT2D eigenvalue weighted by Gasteiger charge is -2.32. The van der Waals surface area contributed by atoms with Gasteiger partial charge in [0.25, 0.3) is 10.0 Å². The van der Waals surface area contributed by atoms with Crippen molar-refractivity contribution in [2.24, 2.45) is 0 Å². The molecule has 0 aliphatic carbocycles. The predicted molar refractivity (Wildman–Crippen MR) is 145 cm³/mol. The summed E-state index contributed by atoms with van der Waals surface area (Å²) < 4.78 is 29.4. The summed E-state index contributed by atoms with van der Waals surface area (Å²) in [5.41, 5.74) is 1.70. The number of amides is 2. The number of anilines is 1. The van der Waals surface area contributed by atoms with Crippen molar-refractivity contribution in [3.63, 3.8) is 0 Å². The van der Waals surface area contributed by atoms with Crippen molar-refractivity contribution >= 4 is 55.1 Å². The van der Waals surface area contributed by atoms with Gasteiger partial charge in [-0.25, -0.2) is 8.42 Å². The molecule has 36 heavy (non-hydrogen) atoms. The van der Waals surface area contributed by atoms with Crippen molar-refractivity contribution in [1.82, 2.24) is 10.2 Å². The maximum absolute atomic E-state index is 13.7. The molecule has 0 aliphatic heterocycles. The highest BCUT2D eigenvalue weighted by molar-refractivity contribution is 9.10. The number of halogens is 2. The molecule has 0 aromatic heterocycles. The quantitative estimate of drug-likeness (QED) is 0.388. The zero-order valence-electron chi connectivity index (χ0n) is 20.1. The van der Waals surface area contributed by atoms with Gasteiger partial charge in [0.2, 0.25) is 11.8 Å². The molecule has 0 heterocycles. The molecule has 10 heteroatoms. The maximum Gasteiger partial charge on any atom is 0.264 e. The number of carbonyl (C=O) groups excluding carboxylic acids is 2. The Hall–Kier alpha value is -2.88. The SMILES string of the molecule is CNC(=O)[C@H](C)N(Cc1cccc(Br)c1)C(=O)CN(c1cc(Cl)ccc1C)S(=O)(=O)c1ccccc1. The van der Waals surface area contributed by atoms with Crippen LogP contribution >= 0.6 is 27.5 Å². The maximum atomic E-state index is 13.7. The molecule has 0 fully saturated rings. The molecule has 0 saturated carbocycles. The van der Waals surface area contributed by atoms with Crippen molar-refractivity contribution in [1.29, 1.82) is 0 Å². The van der Waals surface area contributed by atoms with E-state index in [1.807, 2.05) is 24.3 Å². The van der Waals surface area contributed by atoms with Gasteiger partial charge in [-0.05, 0) is 61.4 Å². The summed E-state index contributed by atoms with van der Waals surface area (Å²) in [4.78, 5) is 27.7. The number of hydrogen-bond donors (Lipinski definition) is 1. The zero-order valence-corrected chi connectivity index (χ0v) is 23.3. The number of nitrogens with one attached hydrogen (secondary N) is 1. The topological polar surface area (TPSA) is 86.8 Å². The van der Waals surface area contributed by atoms with E-state index in [1.165, 1.54) is 30.1 Å². The van der Waals surface area contributed by atoms with Crippen molar-refractivity contribution in [2.45, 2.75) is 31.3 Å². The molecule has 1 N–H and O–H groups in total. The third kappa shape index (κ3) is 6.46. The minimum Gasteiger partial charge on any atom is -0.357 e. The third-order valence-corrected chi connectivity index (χ3v) is 8.21. The second-order valence-corrected chi connectivity index (χ2v) is 11.4. The van der Waals surface area contributed by atoms with E-state index in [2.05, 4.69) is 21.2 Å². The van der Waals surface area contributed by atoms with E-state index in [4.69, 9.17) is 11.6 Å². The van der Waals surface area contributed by atoms with Gasteiger partial charge < -0.3 is 10.2 Å². The first kappa shape index (κ1) is 27.7. The molecule has 0 radical (unpaired) electrons. The molecule has 3 aromatic carbocycles. The lowest BCUT2D eigenvalue weighted by Crippen LogP contribution is -2.50. The minimum absolute atomic E-state index is 0.0371. The van der Waals surface area contributed by atoms with Crippen LogP contribution in [0.25, 0.3) is 0 Å². The second kappa shape index (κ2) is 11.9. The van der Waals surface area contributed by atoms with Crippen LogP contribution in [0, 0.1) is 6.92 Å². The van der Waals surface area contributed by atoms with Gasteiger partial charge in [0.15, 0.2) is 0 Å². The summed E-state index contributed by atoms with van der Waals surface area (Å²) >= 11 is 9.64. The van der Waals surface area contributed by atoms with Gasteiger partial charge >= 0.3 is 0 Å². The fourth-order valence-electron chi connectivity index (χ4n) is 3.71. The van der Waals surface area contributed by atoms with Crippen LogP contribution in [-0.4, -0.2) is 44.8 Å². The molecule has 1 atom stereocenters. The van der Waals surface area contributed by atoms with Crippen LogP contribution in [0.15, 0.2) is 82.2 Å². The Morgan fingerprint density at radius 2 is 1.72 bits per heavy atom. The molecule has 3 aromatic rings. The highest BCUT2D eigenvalue weighted by atomic mass is 79.9. The second-order valence-electron chi connectivity index (χ2n) is 8.20. The molecular formula is C26H27BrClN3O4S. The summed E-state index contributed by atoms with van der Waals surface area (Å²) in [7, 11) is -2.65.